The van der Waals surface area contributed by atoms with E-state index in [4.69, 9.17) is 4.42 Å². The molecule has 1 aromatic carbocycles. The van der Waals surface area contributed by atoms with Crippen LogP contribution < -0.4 is 5.32 Å². The van der Waals surface area contributed by atoms with E-state index in [1.807, 2.05) is 17.7 Å². The molecule has 4 rings (SSSR count). The summed E-state index contributed by atoms with van der Waals surface area (Å²) in [6.45, 7) is 2.57. The van der Waals surface area contributed by atoms with Crippen LogP contribution in [0.25, 0.3) is 10.2 Å². The third-order valence-corrected chi connectivity index (χ3v) is 5.97. The Hall–Kier alpha value is -3.46. The molecule has 3 aromatic heterocycles. The molecule has 160 valence electrons. The highest BCUT2D eigenvalue weighted by molar-refractivity contribution is 7.20. The number of hydrogen-bond acceptors (Lipinski definition) is 5. The van der Waals surface area contributed by atoms with Crippen LogP contribution in [0, 0.1) is 12.7 Å². The van der Waals surface area contributed by atoms with E-state index in [0.29, 0.717) is 17.2 Å². The Balaban J connectivity index is 1.45. The fraction of sp³-hybridized carbons (Fsp3) is 0.227. The molecule has 1 N–H and O–H groups in total. The number of thiophene rings is 1. The van der Waals surface area contributed by atoms with Gasteiger partial charge in [0, 0.05) is 12.4 Å². The first-order valence-corrected chi connectivity index (χ1v) is 10.5. The van der Waals surface area contributed by atoms with Gasteiger partial charge in [0.2, 0.25) is 5.91 Å². The highest BCUT2D eigenvalue weighted by Gasteiger charge is 2.20. The van der Waals surface area contributed by atoms with Crippen molar-refractivity contribution in [2.75, 3.05) is 13.6 Å². The van der Waals surface area contributed by atoms with Gasteiger partial charge in [-0.2, -0.15) is 5.10 Å². The van der Waals surface area contributed by atoms with Crippen molar-refractivity contribution in [3.05, 3.63) is 76.4 Å². The number of carbonyl (C=O) groups excluding carboxylic acids is 2. The van der Waals surface area contributed by atoms with E-state index in [-0.39, 0.29) is 30.7 Å². The van der Waals surface area contributed by atoms with Crippen LogP contribution in [0.3, 0.4) is 0 Å². The zero-order valence-electron chi connectivity index (χ0n) is 17.1. The maximum atomic E-state index is 13.2. The average Bonchev–Trinajstić information content (AvgIpc) is 3.47. The fourth-order valence-corrected chi connectivity index (χ4v) is 4.37. The second-order valence-electron chi connectivity index (χ2n) is 7.22. The normalized spacial score (nSPS) is 11.1. The van der Waals surface area contributed by atoms with Gasteiger partial charge in [0.05, 0.1) is 36.5 Å². The molecule has 0 saturated carbocycles. The summed E-state index contributed by atoms with van der Waals surface area (Å²) in [5.41, 5.74) is 1.73. The summed E-state index contributed by atoms with van der Waals surface area (Å²) < 4.78 is 20.2. The van der Waals surface area contributed by atoms with Crippen molar-refractivity contribution < 1.29 is 18.4 Å². The number of benzene rings is 1. The third-order valence-electron chi connectivity index (χ3n) is 4.83. The van der Waals surface area contributed by atoms with Gasteiger partial charge < -0.3 is 14.6 Å². The lowest BCUT2D eigenvalue weighted by Gasteiger charge is -2.15. The van der Waals surface area contributed by atoms with Gasteiger partial charge in [0.15, 0.2) is 0 Å². The van der Waals surface area contributed by atoms with E-state index in [9.17, 15) is 14.0 Å². The number of halogens is 1. The lowest BCUT2D eigenvalue weighted by Crippen LogP contribution is -2.37. The number of rotatable bonds is 7. The van der Waals surface area contributed by atoms with Gasteiger partial charge in [0.1, 0.15) is 16.4 Å². The molecule has 0 aliphatic carbocycles. The maximum absolute atomic E-state index is 13.2. The predicted octanol–water partition coefficient (Wildman–Crippen LogP) is 3.58. The van der Waals surface area contributed by atoms with Gasteiger partial charge in [-0.3, -0.25) is 14.3 Å². The molecular formula is C22H21FN4O3S. The Morgan fingerprint density at radius 2 is 2.03 bits per heavy atom. The molecule has 4 aromatic rings. The predicted molar refractivity (Wildman–Crippen MR) is 115 cm³/mol. The molecule has 0 radical (unpaired) electrons. The molecule has 2 amide bonds. The van der Waals surface area contributed by atoms with Crippen molar-refractivity contribution in [3.8, 4) is 0 Å². The van der Waals surface area contributed by atoms with Gasteiger partial charge in [-0.25, -0.2) is 4.39 Å². The quantitative estimate of drug-likeness (QED) is 0.476. The highest BCUT2D eigenvalue weighted by Crippen LogP contribution is 2.29. The number of nitrogens with one attached hydrogen (secondary N) is 1. The van der Waals surface area contributed by atoms with E-state index in [1.165, 1.54) is 34.6 Å². The Labute approximate surface area is 182 Å². The summed E-state index contributed by atoms with van der Waals surface area (Å²) in [6, 6.07) is 11.6. The molecule has 0 aliphatic rings. The minimum Gasteiger partial charge on any atom is -0.467 e. The van der Waals surface area contributed by atoms with Crippen molar-refractivity contribution >= 4 is 33.4 Å². The van der Waals surface area contributed by atoms with Gasteiger partial charge in [-0.05, 0) is 42.8 Å². The van der Waals surface area contributed by atoms with Gasteiger partial charge in [0.25, 0.3) is 5.91 Å². The monoisotopic (exact) mass is 440 g/mol. The SMILES string of the molecule is Cc1nn(Cc2ccc(F)cc2)c2sc(C(=O)N(C)CC(=O)NCc3ccco3)cc12. The molecule has 0 saturated heterocycles. The summed E-state index contributed by atoms with van der Waals surface area (Å²) in [6.07, 6.45) is 1.54. The van der Waals surface area contributed by atoms with Crippen LogP contribution in [0.5, 0.6) is 0 Å². The Morgan fingerprint density at radius 3 is 2.74 bits per heavy atom. The minimum absolute atomic E-state index is 0.0610. The molecule has 0 spiro atoms. The Kier molecular flexibility index (Phi) is 5.85. The topological polar surface area (TPSA) is 80.4 Å². The first kappa shape index (κ1) is 20.8. The minimum atomic E-state index is -0.286. The maximum Gasteiger partial charge on any atom is 0.264 e. The van der Waals surface area contributed by atoms with E-state index in [0.717, 1.165) is 21.5 Å². The van der Waals surface area contributed by atoms with Crippen molar-refractivity contribution in [1.29, 1.82) is 0 Å². The van der Waals surface area contributed by atoms with Crippen LogP contribution in [0.4, 0.5) is 4.39 Å². The number of carbonyl (C=O) groups is 2. The van der Waals surface area contributed by atoms with Crippen molar-refractivity contribution in [2.24, 2.45) is 0 Å². The zero-order chi connectivity index (χ0) is 22.0. The van der Waals surface area contributed by atoms with Crippen LogP contribution in [-0.2, 0) is 17.9 Å². The number of furan rings is 1. The highest BCUT2D eigenvalue weighted by atomic mass is 32.1. The van der Waals surface area contributed by atoms with Gasteiger partial charge in [-0.15, -0.1) is 11.3 Å². The molecular weight excluding hydrogens is 419 g/mol. The molecule has 0 unspecified atom stereocenters. The Morgan fingerprint density at radius 1 is 1.26 bits per heavy atom. The summed E-state index contributed by atoms with van der Waals surface area (Å²) in [4.78, 5) is 27.8. The van der Waals surface area contributed by atoms with Crippen molar-refractivity contribution in [2.45, 2.75) is 20.0 Å². The molecule has 9 heteroatoms. The first-order chi connectivity index (χ1) is 14.9. The number of aromatic nitrogens is 2. The van der Waals surface area contributed by atoms with Crippen LogP contribution in [0.15, 0.2) is 53.1 Å². The van der Waals surface area contributed by atoms with E-state index in [1.54, 1.807) is 31.3 Å². The lowest BCUT2D eigenvalue weighted by atomic mass is 10.2. The second kappa shape index (κ2) is 8.73. The number of nitrogens with zero attached hydrogens (tertiary/aromatic N) is 3. The summed E-state index contributed by atoms with van der Waals surface area (Å²) in [5, 5.41) is 8.17. The largest absolute Gasteiger partial charge is 0.467 e. The zero-order valence-corrected chi connectivity index (χ0v) is 17.9. The number of likely N-dealkylation sites (N-methyl/N-ethyl adjacent to an activating group) is 1. The number of hydrogen-bond donors (Lipinski definition) is 1. The van der Waals surface area contributed by atoms with Crippen LogP contribution in [0.1, 0.15) is 26.7 Å². The number of aryl methyl sites for hydroxylation is 1. The summed E-state index contributed by atoms with van der Waals surface area (Å²) in [7, 11) is 1.59. The van der Waals surface area contributed by atoms with Crippen LogP contribution in [-0.4, -0.2) is 40.1 Å². The van der Waals surface area contributed by atoms with E-state index in [2.05, 4.69) is 10.4 Å². The summed E-state index contributed by atoms with van der Waals surface area (Å²) >= 11 is 1.33. The molecule has 0 fully saturated rings. The molecule has 7 nitrogen and oxygen atoms in total. The lowest BCUT2D eigenvalue weighted by molar-refractivity contribution is -0.121. The standard InChI is InChI=1S/C22H21FN4O3S/c1-14-18-10-19(21(29)26(2)13-20(28)24-11-17-4-3-9-30-17)31-22(18)27(25-14)12-15-5-7-16(23)8-6-15/h3-10H,11-13H2,1-2H3,(H,24,28). The molecule has 31 heavy (non-hydrogen) atoms. The Bertz CT molecular complexity index is 1210. The van der Waals surface area contributed by atoms with Crippen LogP contribution in [0.2, 0.25) is 0 Å². The third kappa shape index (κ3) is 4.66. The number of amides is 2. The van der Waals surface area contributed by atoms with Gasteiger partial charge in [-0.1, -0.05) is 12.1 Å². The molecule has 0 bridgehead atoms. The smallest absolute Gasteiger partial charge is 0.264 e. The van der Waals surface area contributed by atoms with Gasteiger partial charge >= 0.3 is 0 Å². The number of fused-ring (bicyclic) bond motifs is 1. The summed E-state index contributed by atoms with van der Waals surface area (Å²) in [5.74, 6) is -0.145. The molecule has 0 atom stereocenters. The second-order valence-corrected chi connectivity index (χ2v) is 8.25. The van der Waals surface area contributed by atoms with Crippen LogP contribution >= 0.6 is 11.3 Å². The van der Waals surface area contributed by atoms with E-state index < -0.39 is 0 Å². The van der Waals surface area contributed by atoms with E-state index >= 15 is 0 Å². The molecule has 3 heterocycles. The molecule has 0 aliphatic heterocycles. The first-order valence-electron chi connectivity index (χ1n) is 9.66. The van der Waals surface area contributed by atoms with Crippen molar-refractivity contribution in [3.63, 3.8) is 0 Å². The average molecular weight is 441 g/mol. The fourth-order valence-electron chi connectivity index (χ4n) is 3.22. The van der Waals surface area contributed by atoms with Crippen molar-refractivity contribution in [1.82, 2.24) is 20.0 Å².